The summed E-state index contributed by atoms with van der Waals surface area (Å²) in [6, 6.07) is 10.3. The number of hydrogen-bond donors (Lipinski definition) is 0. The first-order valence-corrected chi connectivity index (χ1v) is 8.03. The van der Waals surface area contributed by atoms with Gasteiger partial charge in [-0.15, -0.1) is 5.10 Å². The van der Waals surface area contributed by atoms with Crippen molar-refractivity contribution < 1.29 is 0 Å². The molecule has 0 aliphatic rings. The summed E-state index contributed by atoms with van der Waals surface area (Å²) in [6.07, 6.45) is 1.87. The van der Waals surface area contributed by atoms with Crippen molar-refractivity contribution >= 4 is 11.8 Å². The number of thioether (sulfide) groups is 1. The quantitative estimate of drug-likeness (QED) is 0.692. The van der Waals surface area contributed by atoms with E-state index in [0.29, 0.717) is 5.75 Å². The van der Waals surface area contributed by atoms with Crippen LogP contribution in [-0.4, -0.2) is 25.2 Å². The van der Waals surface area contributed by atoms with Gasteiger partial charge in [-0.05, 0) is 54.0 Å². The van der Waals surface area contributed by atoms with Crippen molar-refractivity contribution in [2.75, 3.05) is 0 Å². The minimum atomic E-state index is 0.677. The first kappa shape index (κ1) is 14.7. The highest BCUT2D eigenvalue weighted by molar-refractivity contribution is 7.98. The minimum Gasteiger partial charge on any atom is -0.250 e. The van der Waals surface area contributed by atoms with E-state index < -0.39 is 0 Å². The van der Waals surface area contributed by atoms with Crippen LogP contribution in [0.15, 0.2) is 41.6 Å². The van der Waals surface area contributed by atoms with Gasteiger partial charge in [-0.2, -0.15) is 4.68 Å². The number of aromatic nitrogens is 5. The summed E-state index contributed by atoms with van der Waals surface area (Å²) in [5.41, 5.74) is 4.53. The van der Waals surface area contributed by atoms with Gasteiger partial charge in [0.2, 0.25) is 0 Å². The van der Waals surface area contributed by atoms with E-state index in [0.717, 1.165) is 33.2 Å². The van der Waals surface area contributed by atoms with Gasteiger partial charge in [-0.25, -0.2) is 4.98 Å². The highest BCUT2D eigenvalue weighted by Crippen LogP contribution is 2.23. The summed E-state index contributed by atoms with van der Waals surface area (Å²) < 4.78 is 1.83. The molecule has 0 aliphatic heterocycles. The molecule has 2 heterocycles. The SMILES string of the molecule is Cc1ccc(SCc2nnnn2-c2c(C)cccc2C)nc1. The number of rotatable bonds is 4. The molecular weight excluding hydrogens is 294 g/mol. The van der Waals surface area contributed by atoms with Gasteiger partial charge < -0.3 is 0 Å². The van der Waals surface area contributed by atoms with E-state index in [2.05, 4.69) is 52.6 Å². The van der Waals surface area contributed by atoms with Gasteiger partial charge in [0, 0.05) is 6.20 Å². The van der Waals surface area contributed by atoms with Crippen LogP contribution in [0, 0.1) is 20.8 Å². The van der Waals surface area contributed by atoms with Crippen molar-refractivity contribution in [2.24, 2.45) is 0 Å². The van der Waals surface area contributed by atoms with Crippen molar-refractivity contribution in [1.82, 2.24) is 25.2 Å². The molecule has 1 aromatic carbocycles. The van der Waals surface area contributed by atoms with Gasteiger partial charge >= 0.3 is 0 Å². The standard InChI is InChI=1S/C16H17N5S/c1-11-7-8-15(17-9-11)22-10-14-18-19-20-21(14)16-12(2)5-4-6-13(16)3/h4-9H,10H2,1-3H3. The number of tetrazole rings is 1. The summed E-state index contributed by atoms with van der Waals surface area (Å²) in [5, 5.41) is 13.1. The highest BCUT2D eigenvalue weighted by atomic mass is 32.2. The van der Waals surface area contributed by atoms with Crippen molar-refractivity contribution in [3.8, 4) is 5.69 Å². The Morgan fingerprint density at radius 2 is 1.82 bits per heavy atom. The Kier molecular flexibility index (Phi) is 4.20. The zero-order valence-electron chi connectivity index (χ0n) is 12.8. The minimum absolute atomic E-state index is 0.677. The zero-order valence-corrected chi connectivity index (χ0v) is 13.6. The summed E-state index contributed by atoms with van der Waals surface area (Å²) in [7, 11) is 0. The fraction of sp³-hybridized carbons (Fsp3) is 0.250. The molecule has 0 unspecified atom stereocenters. The third kappa shape index (κ3) is 3.01. The first-order chi connectivity index (χ1) is 10.6. The van der Waals surface area contributed by atoms with E-state index in [1.165, 1.54) is 0 Å². The summed E-state index contributed by atoms with van der Waals surface area (Å²) in [4.78, 5) is 4.40. The molecule has 112 valence electrons. The largest absolute Gasteiger partial charge is 0.250 e. The van der Waals surface area contributed by atoms with E-state index in [9.17, 15) is 0 Å². The molecule has 0 saturated carbocycles. The average molecular weight is 311 g/mol. The van der Waals surface area contributed by atoms with Gasteiger partial charge in [0.05, 0.1) is 16.5 Å². The van der Waals surface area contributed by atoms with E-state index in [1.54, 1.807) is 11.8 Å². The van der Waals surface area contributed by atoms with E-state index >= 15 is 0 Å². The molecule has 0 N–H and O–H groups in total. The van der Waals surface area contributed by atoms with Gasteiger partial charge in [0.25, 0.3) is 0 Å². The molecule has 2 aromatic heterocycles. The van der Waals surface area contributed by atoms with Crippen LogP contribution in [0.4, 0.5) is 0 Å². The van der Waals surface area contributed by atoms with Crippen molar-refractivity contribution in [2.45, 2.75) is 31.6 Å². The molecule has 0 atom stereocenters. The molecular formula is C16H17N5S. The second-order valence-electron chi connectivity index (χ2n) is 5.21. The third-order valence-electron chi connectivity index (χ3n) is 3.42. The molecule has 0 radical (unpaired) electrons. The molecule has 5 nitrogen and oxygen atoms in total. The van der Waals surface area contributed by atoms with Crippen LogP contribution in [-0.2, 0) is 5.75 Å². The molecule has 3 rings (SSSR count). The van der Waals surface area contributed by atoms with Crippen LogP contribution in [0.25, 0.3) is 5.69 Å². The van der Waals surface area contributed by atoms with Gasteiger partial charge in [-0.1, -0.05) is 36.0 Å². The Hall–Kier alpha value is -2.21. The van der Waals surface area contributed by atoms with Gasteiger partial charge in [-0.3, -0.25) is 0 Å². The first-order valence-electron chi connectivity index (χ1n) is 7.04. The lowest BCUT2D eigenvalue weighted by Gasteiger charge is -2.10. The number of hydrogen-bond acceptors (Lipinski definition) is 5. The van der Waals surface area contributed by atoms with Crippen LogP contribution < -0.4 is 0 Å². The molecule has 22 heavy (non-hydrogen) atoms. The lowest BCUT2D eigenvalue weighted by Crippen LogP contribution is -2.06. The monoisotopic (exact) mass is 311 g/mol. The normalized spacial score (nSPS) is 10.9. The number of aryl methyl sites for hydroxylation is 3. The summed E-state index contributed by atoms with van der Waals surface area (Å²) >= 11 is 1.63. The third-order valence-corrected chi connectivity index (χ3v) is 4.36. The summed E-state index contributed by atoms with van der Waals surface area (Å²) in [5.74, 6) is 1.50. The number of nitrogens with zero attached hydrogens (tertiary/aromatic N) is 5. The van der Waals surface area contributed by atoms with Crippen molar-refractivity contribution in [3.05, 3.63) is 59.0 Å². The number of pyridine rings is 1. The van der Waals surface area contributed by atoms with E-state index in [-0.39, 0.29) is 0 Å². The Morgan fingerprint density at radius 3 is 2.50 bits per heavy atom. The summed E-state index contributed by atoms with van der Waals surface area (Å²) in [6.45, 7) is 6.17. The smallest absolute Gasteiger partial charge is 0.166 e. The van der Waals surface area contributed by atoms with Crippen LogP contribution in [0.1, 0.15) is 22.5 Å². The van der Waals surface area contributed by atoms with Crippen LogP contribution in [0.2, 0.25) is 0 Å². The molecule has 0 fully saturated rings. The lowest BCUT2D eigenvalue weighted by molar-refractivity contribution is 0.769. The van der Waals surface area contributed by atoms with E-state index in [4.69, 9.17) is 0 Å². The topological polar surface area (TPSA) is 56.5 Å². The zero-order chi connectivity index (χ0) is 15.5. The van der Waals surface area contributed by atoms with Crippen LogP contribution in [0.5, 0.6) is 0 Å². The molecule has 0 aliphatic carbocycles. The molecule has 3 aromatic rings. The van der Waals surface area contributed by atoms with Crippen LogP contribution in [0.3, 0.4) is 0 Å². The second kappa shape index (κ2) is 6.27. The lowest BCUT2D eigenvalue weighted by atomic mass is 10.1. The van der Waals surface area contributed by atoms with Crippen LogP contribution >= 0.6 is 11.8 Å². The Labute approximate surface area is 133 Å². The average Bonchev–Trinajstić information content (AvgIpc) is 2.95. The van der Waals surface area contributed by atoms with Gasteiger partial charge in [0.1, 0.15) is 0 Å². The number of para-hydroxylation sites is 1. The van der Waals surface area contributed by atoms with E-state index in [1.807, 2.05) is 29.9 Å². The molecule has 6 heteroatoms. The Balaban J connectivity index is 1.85. The molecule has 0 spiro atoms. The predicted molar refractivity (Wildman–Crippen MR) is 87.2 cm³/mol. The van der Waals surface area contributed by atoms with Gasteiger partial charge in [0.15, 0.2) is 5.82 Å². The molecule has 0 amide bonds. The molecule has 0 saturated heterocycles. The van der Waals surface area contributed by atoms with Crippen molar-refractivity contribution in [3.63, 3.8) is 0 Å². The molecule has 0 bridgehead atoms. The maximum Gasteiger partial charge on any atom is 0.166 e. The number of benzene rings is 1. The highest BCUT2D eigenvalue weighted by Gasteiger charge is 2.13. The fourth-order valence-corrected chi connectivity index (χ4v) is 3.04. The van der Waals surface area contributed by atoms with Crippen molar-refractivity contribution in [1.29, 1.82) is 0 Å². The Bertz CT molecular complexity index is 759. The maximum atomic E-state index is 4.40. The predicted octanol–water partition coefficient (Wildman–Crippen LogP) is 3.27. The maximum absolute atomic E-state index is 4.40. The fourth-order valence-electron chi connectivity index (χ4n) is 2.29. The second-order valence-corrected chi connectivity index (χ2v) is 6.21. The Morgan fingerprint density at radius 1 is 1.05 bits per heavy atom.